The van der Waals surface area contributed by atoms with Crippen molar-refractivity contribution < 1.29 is 23.9 Å². The molecule has 2 N–H and O–H groups in total. The topological polar surface area (TPSA) is 86.7 Å². The third kappa shape index (κ3) is 3.35. The van der Waals surface area contributed by atoms with Crippen molar-refractivity contribution in [1.82, 2.24) is 5.32 Å². The molecule has 0 saturated carbocycles. The second-order valence-electron chi connectivity index (χ2n) is 5.64. The molecule has 0 aliphatic carbocycles. The van der Waals surface area contributed by atoms with Gasteiger partial charge in [-0.15, -0.1) is 0 Å². The zero-order chi connectivity index (χ0) is 18.0. The summed E-state index contributed by atoms with van der Waals surface area (Å²) in [5.41, 5.74) is 0.511. The van der Waals surface area contributed by atoms with Crippen molar-refractivity contribution in [3.8, 4) is 0 Å². The number of aromatic carboxylic acids is 1. The Morgan fingerprint density at radius 1 is 1.08 bits per heavy atom. The van der Waals surface area contributed by atoms with Crippen molar-refractivity contribution in [3.63, 3.8) is 0 Å². The van der Waals surface area contributed by atoms with E-state index in [0.717, 1.165) is 0 Å². The minimum Gasteiger partial charge on any atom is -0.478 e. The number of carbonyl (C=O) groups excluding carboxylic acids is 2. The zero-order valence-electron chi connectivity index (χ0n) is 13.1. The fourth-order valence-corrected chi connectivity index (χ4v) is 2.73. The number of nitrogens with one attached hydrogen (secondary N) is 1. The number of carboxylic acid groups (broad SMARTS) is 1. The number of rotatable bonds is 4. The summed E-state index contributed by atoms with van der Waals surface area (Å²) in [6.07, 6.45) is 0.367. The lowest BCUT2D eigenvalue weighted by Crippen LogP contribution is -2.41. The van der Waals surface area contributed by atoms with Gasteiger partial charge in [0.05, 0.1) is 11.3 Å². The van der Waals surface area contributed by atoms with Crippen molar-refractivity contribution in [2.75, 3.05) is 11.4 Å². The summed E-state index contributed by atoms with van der Waals surface area (Å²) in [5.74, 6) is -2.43. The van der Waals surface area contributed by atoms with Gasteiger partial charge in [-0.2, -0.15) is 0 Å². The Labute approximate surface area is 142 Å². The summed E-state index contributed by atoms with van der Waals surface area (Å²) in [7, 11) is 0. The average Bonchev–Trinajstić information content (AvgIpc) is 2.96. The SMILES string of the molecule is O=C(O)c1ccc(C(=O)NC2CCN(c3ccccc3F)C2=O)cc1. The first-order valence-electron chi connectivity index (χ1n) is 7.67. The third-order valence-corrected chi connectivity index (χ3v) is 4.05. The van der Waals surface area contributed by atoms with Gasteiger partial charge < -0.3 is 15.3 Å². The number of halogens is 1. The van der Waals surface area contributed by atoms with Gasteiger partial charge in [0.1, 0.15) is 11.9 Å². The second-order valence-corrected chi connectivity index (χ2v) is 5.64. The number of carbonyl (C=O) groups is 3. The van der Waals surface area contributed by atoms with Crippen LogP contribution >= 0.6 is 0 Å². The molecule has 0 radical (unpaired) electrons. The number of benzene rings is 2. The van der Waals surface area contributed by atoms with Crippen LogP contribution in [0.4, 0.5) is 10.1 Å². The molecule has 1 atom stereocenters. The van der Waals surface area contributed by atoms with E-state index in [1.165, 1.54) is 41.3 Å². The van der Waals surface area contributed by atoms with Crippen LogP contribution in [0.25, 0.3) is 0 Å². The summed E-state index contributed by atoms with van der Waals surface area (Å²) in [6, 6.07) is 10.6. The van der Waals surface area contributed by atoms with E-state index in [2.05, 4.69) is 5.32 Å². The molecule has 128 valence electrons. The van der Waals surface area contributed by atoms with E-state index < -0.39 is 23.7 Å². The van der Waals surface area contributed by atoms with E-state index in [0.29, 0.717) is 13.0 Å². The van der Waals surface area contributed by atoms with Crippen molar-refractivity contribution in [2.45, 2.75) is 12.5 Å². The molecule has 1 aliphatic rings. The van der Waals surface area contributed by atoms with Gasteiger partial charge in [0.15, 0.2) is 0 Å². The molecule has 2 amide bonds. The lowest BCUT2D eigenvalue weighted by molar-refractivity contribution is -0.118. The number of anilines is 1. The number of hydrogen-bond acceptors (Lipinski definition) is 3. The number of hydrogen-bond donors (Lipinski definition) is 2. The second kappa shape index (κ2) is 6.72. The molecular weight excluding hydrogens is 327 g/mol. The molecule has 7 heteroatoms. The molecule has 0 aromatic heterocycles. The maximum absolute atomic E-state index is 13.8. The van der Waals surface area contributed by atoms with Gasteiger partial charge in [-0.05, 0) is 42.8 Å². The van der Waals surface area contributed by atoms with Gasteiger partial charge in [0, 0.05) is 12.1 Å². The molecule has 1 heterocycles. The van der Waals surface area contributed by atoms with Crippen molar-refractivity contribution in [3.05, 3.63) is 65.5 Å². The van der Waals surface area contributed by atoms with E-state index in [9.17, 15) is 18.8 Å². The van der Waals surface area contributed by atoms with Gasteiger partial charge in [0.25, 0.3) is 5.91 Å². The van der Waals surface area contributed by atoms with Crippen LogP contribution < -0.4 is 10.2 Å². The lowest BCUT2D eigenvalue weighted by atomic mass is 10.1. The summed E-state index contributed by atoms with van der Waals surface area (Å²) in [6.45, 7) is 0.308. The van der Waals surface area contributed by atoms with Gasteiger partial charge in [-0.1, -0.05) is 12.1 Å². The van der Waals surface area contributed by atoms with Gasteiger partial charge in [0.2, 0.25) is 5.91 Å². The van der Waals surface area contributed by atoms with Crippen LogP contribution in [-0.2, 0) is 4.79 Å². The van der Waals surface area contributed by atoms with Crippen LogP contribution in [0.15, 0.2) is 48.5 Å². The van der Waals surface area contributed by atoms with Crippen LogP contribution in [0.2, 0.25) is 0 Å². The maximum Gasteiger partial charge on any atom is 0.335 e. The normalized spacial score (nSPS) is 16.8. The lowest BCUT2D eigenvalue weighted by Gasteiger charge is -2.17. The quantitative estimate of drug-likeness (QED) is 0.890. The Morgan fingerprint density at radius 2 is 1.72 bits per heavy atom. The first-order chi connectivity index (χ1) is 12.0. The van der Waals surface area contributed by atoms with E-state index in [-0.39, 0.29) is 22.7 Å². The highest BCUT2D eigenvalue weighted by Gasteiger charge is 2.34. The van der Waals surface area contributed by atoms with E-state index in [1.807, 2.05) is 0 Å². The molecule has 6 nitrogen and oxygen atoms in total. The van der Waals surface area contributed by atoms with E-state index in [1.54, 1.807) is 12.1 Å². The molecule has 1 fully saturated rings. The van der Waals surface area contributed by atoms with Crippen LogP contribution in [0, 0.1) is 5.82 Å². The Kier molecular flexibility index (Phi) is 4.47. The molecule has 1 unspecified atom stereocenters. The summed E-state index contributed by atoms with van der Waals surface area (Å²) < 4.78 is 13.8. The summed E-state index contributed by atoms with van der Waals surface area (Å²) >= 11 is 0. The van der Waals surface area contributed by atoms with Crippen LogP contribution in [0.1, 0.15) is 27.1 Å². The van der Waals surface area contributed by atoms with Crippen LogP contribution in [0.5, 0.6) is 0 Å². The number of para-hydroxylation sites is 1. The minimum absolute atomic E-state index is 0.0687. The summed E-state index contributed by atoms with van der Waals surface area (Å²) in [4.78, 5) is 36.8. The molecule has 0 bridgehead atoms. The zero-order valence-corrected chi connectivity index (χ0v) is 13.1. The summed E-state index contributed by atoms with van der Waals surface area (Å²) in [5, 5.41) is 11.5. The predicted octanol–water partition coefficient (Wildman–Crippen LogP) is 2.06. The molecule has 1 saturated heterocycles. The smallest absolute Gasteiger partial charge is 0.335 e. The van der Waals surface area contributed by atoms with Gasteiger partial charge in [-0.3, -0.25) is 9.59 Å². The first kappa shape index (κ1) is 16.6. The fourth-order valence-electron chi connectivity index (χ4n) is 2.73. The van der Waals surface area contributed by atoms with Gasteiger partial charge in [-0.25, -0.2) is 9.18 Å². The van der Waals surface area contributed by atoms with Crippen molar-refractivity contribution >= 4 is 23.5 Å². The molecule has 3 rings (SSSR count). The monoisotopic (exact) mass is 342 g/mol. The third-order valence-electron chi connectivity index (χ3n) is 4.05. The molecule has 2 aromatic carbocycles. The van der Waals surface area contributed by atoms with Crippen molar-refractivity contribution in [2.24, 2.45) is 0 Å². The van der Waals surface area contributed by atoms with E-state index >= 15 is 0 Å². The molecule has 1 aliphatic heterocycles. The fraction of sp³-hybridized carbons (Fsp3) is 0.167. The van der Waals surface area contributed by atoms with Crippen LogP contribution in [-0.4, -0.2) is 35.5 Å². The highest BCUT2D eigenvalue weighted by atomic mass is 19.1. The predicted molar refractivity (Wildman–Crippen MR) is 88.0 cm³/mol. The molecule has 25 heavy (non-hydrogen) atoms. The van der Waals surface area contributed by atoms with Crippen LogP contribution in [0.3, 0.4) is 0 Å². The Balaban J connectivity index is 1.69. The number of nitrogens with zero attached hydrogens (tertiary/aromatic N) is 1. The highest BCUT2D eigenvalue weighted by molar-refractivity contribution is 6.04. The standard InChI is InChI=1S/C18H15FN2O4/c19-13-3-1-2-4-15(13)21-10-9-14(17(21)23)20-16(22)11-5-7-12(8-6-11)18(24)25/h1-8,14H,9-10H2,(H,20,22)(H,24,25). The molecular formula is C18H15FN2O4. The molecule has 2 aromatic rings. The first-order valence-corrected chi connectivity index (χ1v) is 7.67. The van der Waals surface area contributed by atoms with E-state index in [4.69, 9.17) is 5.11 Å². The Bertz CT molecular complexity index is 835. The maximum atomic E-state index is 13.8. The van der Waals surface area contributed by atoms with Gasteiger partial charge >= 0.3 is 5.97 Å². The minimum atomic E-state index is -1.08. The molecule has 0 spiro atoms. The van der Waals surface area contributed by atoms with Crippen molar-refractivity contribution in [1.29, 1.82) is 0 Å². The Hall–Kier alpha value is -3.22. The Morgan fingerprint density at radius 3 is 2.36 bits per heavy atom. The number of amides is 2. The average molecular weight is 342 g/mol. The largest absolute Gasteiger partial charge is 0.478 e. The highest BCUT2D eigenvalue weighted by Crippen LogP contribution is 2.24. The number of carboxylic acids is 1.